The van der Waals surface area contributed by atoms with Crippen LogP contribution in [-0.2, 0) is 26.3 Å². The Morgan fingerprint density at radius 2 is 1.95 bits per heavy atom. The molecule has 0 aliphatic carbocycles. The monoisotopic (exact) mass is 301 g/mol. The van der Waals surface area contributed by atoms with Crippen LogP contribution < -0.4 is 5.32 Å². The van der Waals surface area contributed by atoms with Gasteiger partial charge in [0.1, 0.15) is 5.82 Å². The van der Waals surface area contributed by atoms with E-state index >= 15 is 0 Å². The molecule has 0 aliphatic heterocycles. The van der Waals surface area contributed by atoms with Gasteiger partial charge >= 0.3 is 6.18 Å². The highest BCUT2D eigenvalue weighted by molar-refractivity contribution is 5.27. The van der Waals surface area contributed by atoms with Crippen LogP contribution in [0.3, 0.4) is 0 Å². The number of nitrogens with one attached hydrogen (secondary N) is 1. The van der Waals surface area contributed by atoms with E-state index in [2.05, 4.69) is 10.4 Å². The first-order valence-corrected chi connectivity index (χ1v) is 6.33. The fraction of sp³-hybridized carbons (Fsp3) is 0.357. The molecule has 1 N–H and O–H groups in total. The predicted molar refractivity (Wildman–Crippen MR) is 69.9 cm³/mol. The standard InChI is InChI=1S/C14H15F4N3/c1-9-11(8-21(2)20-9)7-19-6-10-3-4-13(15)12(5-10)14(16,17)18/h3-5,8,19H,6-7H2,1-2H3. The normalized spacial score (nSPS) is 11.9. The molecule has 3 nitrogen and oxygen atoms in total. The minimum atomic E-state index is -4.68. The number of rotatable bonds is 4. The van der Waals surface area contributed by atoms with Gasteiger partial charge in [-0.25, -0.2) is 4.39 Å². The summed E-state index contributed by atoms with van der Waals surface area (Å²) in [7, 11) is 1.80. The van der Waals surface area contributed by atoms with E-state index in [9.17, 15) is 17.6 Å². The SMILES string of the molecule is Cc1nn(C)cc1CNCc1ccc(F)c(C(F)(F)F)c1. The predicted octanol–water partition coefficient (Wildman–Crippen LogP) is 3.18. The van der Waals surface area contributed by atoms with Gasteiger partial charge in [0.25, 0.3) is 0 Å². The van der Waals surface area contributed by atoms with Crippen molar-refractivity contribution in [3.8, 4) is 0 Å². The summed E-state index contributed by atoms with van der Waals surface area (Å²) in [6.45, 7) is 2.56. The molecule has 2 aromatic rings. The third kappa shape index (κ3) is 3.81. The number of hydrogen-bond donors (Lipinski definition) is 1. The highest BCUT2D eigenvalue weighted by Crippen LogP contribution is 2.31. The summed E-state index contributed by atoms with van der Waals surface area (Å²) in [6.07, 6.45) is -2.84. The molecular weight excluding hydrogens is 286 g/mol. The second-order valence-corrected chi connectivity index (χ2v) is 4.83. The van der Waals surface area contributed by atoms with Gasteiger partial charge in [0, 0.05) is 31.9 Å². The summed E-state index contributed by atoms with van der Waals surface area (Å²) in [4.78, 5) is 0. The summed E-state index contributed by atoms with van der Waals surface area (Å²) in [5.74, 6) is -1.26. The lowest BCUT2D eigenvalue weighted by atomic mass is 10.1. The molecule has 0 fully saturated rings. The second kappa shape index (κ2) is 5.85. The van der Waals surface area contributed by atoms with Gasteiger partial charge in [-0.05, 0) is 24.6 Å². The van der Waals surface area contributed by atoms with Crippen molar-refractivity contribution in [3.63, 3.8) is 0 Å². The van der Waals surface area contributed by atoms with E-state index in [-0.39, 0.29) is 6.54 Å². The lowest BCUT2D eigenvalue weighted by Crippen LogP contribution is -2.15. The Hall–Kier alpha value is -1.89. The van der Waals surface area contributed by atoms with Crippen molar-refractivity contribution in [2.24, 2.45) is 7.05 Å². The van der Waals surface area contributed by atoms with Gasteiger partial charge < -0.3 is 5.32 Å². The van der Waals surface area contributed by atoms with Crippen molar-refractivity contribution >= 4 is 0 Å². The maximum absolute atomic E-state index is 13.2. The van der Waals surface area contributed by atoms with Crippen molar-refractivity contribution in [2.75, 3.05) is 0 Å². The maximum Gasteiger partial charge on any atom is 0.419 e. The molecule has 7 heteroatoms. The Balaban J connectivity index is 2.02. The van der Waals surface area contributed by atoms with Gasteiger partial charge in [-0.3, -0.25) is 4.68 Å². The molecule has 1 aromatic carbocycles. The summed E-state index contributed by atoms with van der Waals surface area (Å²) in [5.41, 5.74) is 0.973. The Bertz CT molecular complexity index is 632. The number of benzene rings is 1. The highest BCUT2D eigenvalue weighted by atomic mass is 19.4. The van der Waals surface area contributed by atoms with Gasteiger partial charge in [-0.2, -0.15) is 18.3 Å². The Labute approximate surface area is 119 Å². The number of nitrogens with zero attached hydrogens (tertiary/aromatic N) is 2. The Morgan fingerprint density at radius 1 is 1.24 bits per heavy atom. The number of aromatic nitrogens is 2. The zero-order valence-corrected chi connectivity index (χ0v) is 11.6. The molecule has 0 saturated heterocycles. The van der Waals surface area contributed by atoms with Crippen LogP contribution in [0.4, 0.5) is 17.6 Å². The first-order chi connectivity index (χ1) is 9.77. The van der Waals surface area contributed by atoms with E-state index < -0.39 is 17.6 Å². The van der Waals surface area contributed by atoms with Gasteiger partial charge in [0.15, 0.2) is 0 Å². The van der Waals surface area contributed by atoms with Crippen LogP contribution >= 0.6 is 0 Å². The van der Waals surface area contributed by atoms with Gasteiger partial charge in [-0.15, -0.1) is 0 Å². The molecule has 0 atom stereocenters. The Kier molecular flexibility index (Phi) is 4.32. The largest absolute Gasteiger partial charge is 0.419 e. The quantitative estimate of drug-likeness (QED) is 0.879. The maximum atomic E-state index is 13.2. The summed E-state index contributed by atoms with van der Waals surface area (Å²) < 4.78 is 52.6. The minimum absolute atomic E-state index is 0.220. The minimum Gasteiger partial charge on any atom is -0.308 e. The lowest BCUT2D eigenvalue weighted by molar-refractivity contribution is -0.140. The summed E-state index contributed by atoms with van der Waals surface area (Å²) >= 11 is 0. The fourth-order valence-electron chi connectivity index (χ4n) is 2.06. The molecule has 2 rings (SSSR count). The van der Waals surface area contributed by atoms with E-state index in [1.54, 1.807) is 11.7 Å². The van der Waals surface area contributed by atoms with Crippen LogP contribution in [0.15, 0.2) is 24.4 Å². The zero-order valence-electron chi connectivity index (χ0n) is 11.6. The molecule has 21 heavy (non-hydrogen) atoms. The fourth-order valence-corrected chi connectivity index (χ4v) is 2.06. The number of hydrogen-bond acceptors (Lipinski definition) is 2. The first-order valence-electron chi connectivity index (χ1n) is 6.33. The van der Waals surface area contributed by atoms with Crippen LogP contribution in [0.25, 0.3) is 0 Å². The lowest BCUT2D eigenvalue weighted by Gasteiger charge is -2.10. The highest BCUT2D eigenvalue weighted by Gasteiger charge is 2.34. The van der Waals surface area contributed by atoms with Crippen molar-refractivity contribution in [1.29, 1.82) is 0 Å². The van der Waals surface area contributed by atoms with E-state index in [1.807, 2.05) is 13.1 Å². The number of alkyl halides is 3. The van der Waals surface area contributed by atoms with Crippen molar-refractivity contribution in [1.82, 2.24) is 15.1 Å². The summed E-state index contributed by atoms with van der Waals surface area (Å²) in [5, 5.41) is 7.20. The third-order valence-corrected chi connectivity index (χ3v) is 3.10. The van der Waals surface area contributed by atoms with E-state index in [4.69, 9.17) is 0 Å². The van der Waals surface area contributed by atoms with Crippen molar-refractivity contribution in [3.05, 3.63) is 52.6 Å². The molecule has 0 bridgehead atoms. The average Bonchev–Trinajstić information content (AvgIpc) is 2.68. The molecular formula is C14H15F4N3. The van der Waals surface area contributed by atoms with Crippen LogP contribution in [0.1, 0.15) is 22.4 Å². The van der Waals surface area contributed by atoms with Crippen LogP contribution in [-0.4, -0.2) is 9.78 Å². The van der Waals surface area contributed by atoms with Gasteiger partial charge in [0.05, 0.1) is 11.3 Å². The Morgan fingerprint density at radius 3 is 2.52 bits per heavy atom. The van der Waals surface area contributed by atoms with Gasteiger partial charge in [-0.1, -0.05) is 6.07 Å². The molecule has 1 aromatic heterocycles. The zero-order chi connectivity index (χ0) is 15.6. The molecule has 0 spiro atoms. The number of halogens is 4. The van der Waals surface area contributed by atoms with E-state index in [0.29, 0.717) is 12.1 Å². The topological polar surface area (TPSA) is 29.9 Å². The van der Waals surface area contributed by atoms with Crippen LogP contribution in [0, 0.1) is 12.7 Å². The van der Waals surface area contributed by atoms with Crippen molar-refractivity contribution < 1.29 is 17.6 Å². The summed E-state index contributed by atoms with van der Waals surface area (Å²) in [6, 6.07) is 3.02. The van der Waals surface area contributed by atoms with Gasteiger partial charge in [0.2, 0.25) is 0 Å². The number of aryl methyl sites for hydroxylation is 2. The average molecular weight is 301 g/mol. The smallest absolute Gasteiger partial charge is 0.308 e. The molecule has 1 heterocycles. The molecule has 0 radical (unpaired) electrons. The third-order valence-electron chi connectivity index (χ3n) is 3.10. The molecule has 0 unspecified atom stereocenters. The molecule has 0 saturated carbocycles. The van der Waals surface area contributed by atoms with Crippen LogP contribution in [0.5, 0.6) is 0 Å². The molecule has 0 aliphatic rings. The van der Waals surface area contributed by atoms with E-state index in [1.165, 1.54) is 6.07 Å². The van der Waals surface area contributed by atoms with Crippen molar-refractivity contribution in [2.45, 2.75) is 26.2 Å². The second-order valence-electron chi connectivity index (χ2n) is 4.83. The first kappa shape index (κ1) is 15.5. The molecule has 0 amide bonds. The van der Waals surface area contributed by atoms with Crippen LogP contribution in [0.2, 0.25) is 0 Å². The van der Waals surface area contributed by atoms with E-state index in [0.717, 1.165) is 23.4 Å². The molecule has 114 valence electrons.